The van der Waals surface area contributed by atoms with Crippen molar-refractivity contribution in [3.63, 3.8) is 0 Å². The van der Waals surface area contributed by atoms with Crippen LogP contribution in [0.25, 0.3) is 0 Å². The molecule has 2 rings (SSSR count). The highest BCUT2D eigenvalue weighted by molar-refractivity contribution is 7.91. The van der Waals surface area contributed by atoms with Crippen LogP contribution < -0.4 is 5.32 Å². The van der Waals surface area contributed by atoms with Gasteiger partial charge in [-0.3, -0.25) is 0 Å². The zero-order chi connectivity index (χ0) is 14.6. The Morgan fingerprint density at radius 2 is 2.30 bits per heavy atom. The standard InChI is InChI=1S/C14H22N2O2S2/c1-3-7-15-10-12-9-14(19-11-12)20(17,18)16(8-4-2)13-5-6-13/h4,9,11,13,15H,2-3,5-8,10H2,1H3. The lowest BCUT2D eigenvalue weighted by Gasteiger charge is -2.18. The molecule has 0 spiro atoms. The summed E-state index contributed by atoms with van der Waals surface area (Å²) < 4.78 is 27.3. The van der Waals surface area contributed by atoms with E-state index in [9.17, 15) is 8.42 Å². The van der Waals surface area contributed by atoms with Crippen LogP contribution in [0.5, 0.6) is 0 Å². The summed E-state index contributed by atoms with van der Waals surface area (Å²) in [6, 6.07) is 1.96. The van der Waals surface area contributed by atoms with Crippen LogP contribution in [0.3, 0.4) is 0 Å². The summed E-state index contributed by atoms with van der Waals surface area (Å²) in [5, 5.41) is 5.21. The third-order valence-electron chi connectivity index (χ3n) is 3.21. The number of rotatable bonds is 9. The Kier molecular flexibility index (Phi) is 5.37. The summed E-state index contributed by atoms with van der Waals surface area (Å²) >= 11 is 1.31. The lowest BCUT2D eigenvalue weighted by Crippen LogP contribution is -2.32. The van der Waals surface area contributed by atoms with Gasteiger partial charge >= 0.3 is 0 Å². The molecule has 1 aromatic rings. The van der Waals surface area contributed by atoms with E-state index in [0.29, 0.717) is 10.8 Å². The molecule has 0 aliphatic heterocycles. The second kappa shape index (κ2) is 6.85. The fourth-order valence-electron chi connectivity index (χ4n) is 2.04. The van der Waals surface area contributed by atoms with E-state index in [4.69, 9.17) is 0 Å². The second-order valence-electron chi connectivity index (χ2n) is 5.05. The molecule has 4 nitrogen and oxygen atoms in total. The van der Waals surface area contributed by atoms with Gasteiger partial charge in [0.1, 0.15) is 4.21 Å². The smallest absolute Gasteiger partial charge is 0.253 e. The Labute approximate surface area is 125 Å². The maximum Gasteiger partial charge on any atom is 0.253 e. The third kappa shape index (κ3) is 3.69. The predicted molar refractivity (Wildman–Crippen MR) is 83.4 cm³/mol. The molecule has 1 fully saturated rings. The van der Waals surface area contributed by atoms with Crippen LogP contribution in [0.2, 0.25) is 0 Å². The van der Waals surface area contributed by atoms with Crippen LogP contribution in [-0.2, 0) is 16.6 Å². The van der Waals surface area contributed by atoms with E-state index in [1.165, 1.54) is 11.3 Å². The van der Waals surface area contributed by atoms with Gasteiger partial charge in [0.2, 0.25) is 0 Å². The van der Waals surface area contributed by atoms with Crippen LogP contribution in [0.4, 0.5) is 0 Å². The average Bonchev–Trinajstić information content (AvgIpc) is 3.13. The lowest BCUT2D eigenvalue weighted by atomic mass is 10.3. The third-order valence-corrected chi connectivity index (χ3v) is 6.59. The molecule has 0 aromatic carbocycles. The fourth-order valence-corrected chi connectivity index (χ4v) is 5.03. The van der Waals surface area contributed by atoms with Gasteiger partial charge in [0, 0.05) is 19.1 Å². The maximum absolute atomic E-state index is 12.6. The van der Waals surface area contributed by atoms with Crippen molar-refractivity contribution < 1.29 is 8.42 Å². The van der Waals surface area contributed by atoms with Crippen LogP contribution in [0.1, 0.15) is 31.7 Å². The van der Waals surface area contributed by atoms with Crippen LogP contribution in [0.15, 0.2) is 28.3 Å². The van der Waals surface area contributed by atoms with Crippen molar-refractivity contribution in [2.75, 3.05) is 13.1 Å². The molecule has 1 aromatic heterocycles. The van der Waals surface area contributed by atoms with Gasteiger partial charge < -0.3 is 5.32 Å². The minimum absolute atomic E-state index is 0.168. The molecule has 6 heteroatoms. The summed E-state index contributed by atoms with van der Waals surface area (Å²) in [6.07, 6.45) is 4.66. The molecule has 1 N–H and O–H groups in total. The zero-order valence-corrected chi connectivity index (χ0v) is 13.5. The number of sulfonamides is 1. The summed E-state index contributed by atoms with van der Waals surface area (Å²) in [4.78, 5) is 0. The van der Waals surface area contributed by atoms with Gasteiger partial charge in [-0.2, -0.15) is 4.31 Å². The van der Waals surface area contributed by atoms with Crippen molar-refractivity contribution in [1.82, 2.24) is 9.62 Å². The highest BCUT2D eigenvalue weighted by Crippen LogP contribution is 2.33. The Balaban J connectivity index is 2.10. The number of hydrogen-bond acceptors (Lipinski definition) is 4. The van der Waals surface area contributed by atoms with Crippen LogP contribution in [0, 0.1) is 0 Å². The summed E-state index contributed by atoms with van der Waals surface area (Å²) in [7, 11) is -3.36. The van der Waals surface area contributed by atoms with E-state index in [-0.39, 0.29) is 6.04 Å². The largest absolute Gasteiger partial charge is 0.313 e. The SMILES string of the molecule is C=CCN(C1CC1)S(=O)(=O)c1cc(CNCCC)cs1. The van der Waals surface area contributed by atoms with E-state index in [1.54, 1.807) is 16.4 Å². The van der Waals surface area contributed by atoms with Crippen molar-refractivity contribution in [2.24, 2.45) is 0 Å². The summed E-state index contributed by atoms with van der Waals surface area (Å²) in [5.74, 6) is 0. The molecule has 0 unspecified atom stereocenters. The zero-order valence-electron chi connectivity index (χ0n) is 11.8. The van der Waals surface area contributed by atoms with Gasteiger partial charge in [0.05, 0.1) is 0 Å². The normalized spacial score (nSPS) is 15.7. The van der Waals surface area contributed by atoms with E-state index >= 15 is 0 Å². The highest BCUT2D eigenvalue weighted by Gasteiger charge is 2.37. The molecule has 1 saturated carbocycles. The van der Waals surface area contributed by atoms with Crippen molar-refractivity contribution >= 4 is 21.4 Å². The Bertz CT molecular complexity index is 547. The first-order valence-electron chi connectivity index (χ1n) is 7.00. The molecular formula is C14H22N2O2S2. The van der Waals surface area contributed by atoms with Crippen molar-refractivity contribution in [3.8, 4) is 0 Å². The Morgan fingerprint density at radius 3 is 2.90 bits per heavy atom. The average molecular weight is 314 g/mol. The summed E-state index contributed by atoms with van der Waals surface area (Å²) in [5.41, 5.74) is 1.04. The number of nitrogens with zero attached hydrogens (tertiary/aromatic N) is 1. The first kappa shape index (κ1) is 15.7. The van der Waals surface area contributed by atoms with Crippen molar-refractivity contribution in [3.05, 3.63) is 29.7 Å². The molecule has 1 heterocycles. The van der Waals surface area contributed by atoms with Gasteiger partial charge in [-0.25, -0.2) is 8.42 Å². The number of nitrogens with one attached hydrogen (secondary N) is 1. The van der Waals surface area contributed by atoms with Crippen molar-refractivity contribution in [2.45, 2.75) is 43.0 Å². The van der Waals surface area contributed by atoms with E-state index in [2.05, 4.69) is 18.8 Å². The first-order valence-corrected chi connectivity index (χ1v) is 9.32. The van der Waals surface area contributed by atoms with E-state index in [1.807, 2.05) is 5.38 Å². The van der Waals surface area contributed by atoms with Gasteiger partial charge in [0.15, 0.2) is 0 Å². The number of hydrogen-bond donors (Lipinski definition) is 1. The molecule has 20 heavy (non-hydrogen) atoms. The van der Waals surface area contributed by atoms with Gasteiger partial charge in [-0.15, -0.1) is 17.9 Å². The molecule has 0 bridgehead atoms. The van der Waals surface area contributed by atoms with Gasteiger partial charge in [0.25, 0.3) is 10.0 Å². The fraction of sp³-hybridized carbons (Fsp3) is 0.571. The second-order valence-corrected chi connectivity index (χ2v) is 8.07. The topological polar surface area (TPSA) is 49.4 Å². The predicted octanol–water partition coefficient (Wildman–Crippen LogP) is 2.59. The van der Waals surface area contributed by atoms with E-state index < -0.39 is 10.0 Å². The van der Waals surface area contributed by atoms with Crippen LogP contribution >= 0.6 is 11.3 Å². The Hall–Kier alpha value is -0.690. The number of thiophene rings is 1. The summed E-state index contributed by atoms with van der Waals surface area (Å²) in [6.45, 7) is 7.84. The molecule has 0 radical (unpaired) electrons. The minimum atomic E-state index is -3.36. The minimum Gasteiger partial charge on any atom is -0.313 e. The molecule has 112 valence electrons. The van der Waals surface area contributed by atoms with Gasteiger partial charge in [-0.05, 0) is 42.8 Å². The lowest BCUT2D eigenvalue weighted by molar-refractivity contribution is 0.437. The molecule has 0 amide bonds. The maximum atomic E-state index is 12.6. The van der Waals surface area contributed by atoms with E-state index in [0.717, 1.165) is 37.9 Å². The molecule has 1 aliphatic carbocycles. The Morgan fingerprint density at radius 1 is 1.55 bits per heavy atom. The molecule has 0 atom stereocenters. The monoisotopic (exact) mass is 314 g/mol. The molecule has 1 aliphatic rings. The molecular weight excluding hydrogens is 292 g/mol. The van der Waals surface area contributed by atoms with Gasteiger partial charge in [-0.1, -0.05) is 13.0 Å². The highest BCUT2D eigenvalue weighted by atomic mass is 32.2. The molecule has 0 saturated heterocycles. The van der Waals surface area contributed by atoms with Crippen LogP contribution in [-0.4, -0.2) is 31.9 Å². The quantitative estimate of drug-likeness (QED) is 0.563. The first-order chi connectivity index (χ1) is 9.59. The van der Waals surface area contributed by atoms with Crippen molar-refractivity contribution in [1.29, 1.82) is 0 Å².